The molecule has 9 nitrogen and oxygen atoms in total. The molecule has 0 amide bonds. The minimum Gasteiger partial charge on any atom is -0.495 e. The average molecular weight is 514 g/mol. The quantitative estimate of drug-likeness (QED) is 0.490. The van der Waals surface area contributed by atoms with Crippen molar-refractivity contribution in [3.05, 3.63) is 57.0 Å². The summed E-state index contributed by atoms with van der Waals surface area (Å²) in [6.45, 7) is 5.27. The molecule has 192 valence electrons. The number of morpholine rings is 1. The predicted octanol–water partition coefficient (Wildman–Crippen LogP) is 2.34. The van der Waals surface area contributed by atoms with E-state index in [4.69, 9.17) is 26.1 Å². The maximum atomic E-state index is 13.4. The van der Waals surface area contributed by atoms with Crippen molar-refractivity contribution in [3.63, 3.8) is 0 Å². The van der Waals surface area contributed by atoms with E-state index < -0.39 is 0 Å². The molecule has 2 aliphatic rings. The average Bonchev–Trinajstić information content (AvgIpc) is 3.39. The molecule has 10 heteroatoms. The molecule has 0 bridgehead atoms. The van der Waals surface area contributed by atoms with Gasteiger partial charge in [0.15, 0.2) is 0 Å². The lowest BCUT2D eigenvalue weighted by molar-refractivity contribution is 0.0385. The maximum Gasteiger partial charge on any atom is 0.252 e. The van der Waals surface area contributed by atoms with Crippen LogP contribution in [-0.4, -0.2) is 83.7 Å². The number of rotatable bonds is 8. The summed E-state index contributed by atoms with van der Waals surface area (Å²) in [7, 11) is 1.57. The van der Waals surface area contributed by atoms with Crippen LogP contribution in [0.1, 0.15) is 24.0 Å². The number of fused-ring (bicyclic) bond motifs is 1. The Morgan fingerprint density at radius 3 is 2.81 bits per heavy atom. The van der Waals surface area contributed by atoms with E-state index in [-0.39, 0.29) is 18.2 Å². The number of anilines is 1. The predicted molar refractivity (Wildman–Crippen MR) is 139 cm³/mol. The summed E-state index contributed by atoms with van der Waals surface area (Å²) in [5.74, 6) is 1.13. The van der Waals surface area contributed by atoms with Crippen LogP contribution in [0.15, 0.2) is 35.3 Å². The van der Waals surface area contributed by atoms with Gasteiger partial charge in [-0.15, -0.1) is 0 Å². The molecule has 0 saturated carbocycles. The summed E-state index contributed by atoms with van der Waals surface area (Å²) < 4.78 is 12.4. The van der Waals surface area contributed by atoms with E-state index in [9.17, 15) is 9.90 Å². The molecule has 36 heavy (non-hydrogen) atoms. The van der Waals surface area contributed by atoms with Gasteiger partial charge in [0.1, 0.15) is 11.4 Å². The summed E-state index contributed by atoms with van der Waals surface area (Å²) in [6, 6.07) is 7.23. The zero-order valence-corrected chi connectivity index (χ0v) is 21.3. The fraction of sp³-hybridized carbons (Fsp3) is 0.500. The van der Waals surface area contributed by atoms with Crippen molar-refractivity contribution >= 4 is 28.6 Å². The van der Waals surface area contributed by atoms with Gasteiger partial charge in [-0.2, -0.15) is 4.98 Å². The molecule has 3 aromatic rings. The molecular weight excluding hydrogens is 482 g/mol. The first-order valence-corrected chi connectivity index (χ1v) is 12.8. The molecule has 1 aromatic carbocycles. The Morgan fingerprint density at radius 1 is 1.22 bits per heavy atom. The van der Waals surface area contributed by atoms with E-state index in [0.29, 0.717) is 28.9 Å². The van der Waals surface area contributed by atoms with Crippen molar-refractivity contribution < 1.29 is 14.6 Å². The first-order chi connectivity index (χ1) is 17.6. The number of aliphatic hydroxyl groups excluding tert-OH is 1. The molecule has 4 heterocycles. The number of nitrogens with zero attached hydrogens (tertiary/aromatic N) is 5. The van der Waals surface area contributed by atoms with Crippen molar-refractivity contribution in [2.45, 2.75) is 31.8 Å². The molecule has 0 aliphatic carbocycles. The van der Waals surface area contributed by atoms with Crippen LogP contribution in [0.3, 0.4) is 0 Å². The maximum absolute atomic E-state index is 13.4. The normalized spacial score (nSPS) is 18.8. The zero-order chi connectivity index (χ0) is 25.1. The number of hydrogen-bond donors (Lipinski definition) is 1. The number of hydrogen-bond acceptors (Lipinski definition) is 8. The van der Waals surface area contributed by atoms with Gasteiger partial charge in [-0.3, -0.25) is 14.3 Å². The molecule has 5 rings (SSSR count). The SMILES string of the molecule is COc1ccc(Cn2c(=O)cc(CCN3CCOCC3)c3cnc(N4CCC[C@H]4CO)nc32)cc1Cl. The summed E-state index contributed by atoms with van der Waals surface area (Å²) in [5.41, 5.74) is 2.30. The molecule has 1 N–H and O–H groups in total. The lowest BCUT2D eigenvalue weighted by Gasteiger charge is -2.27. The summed E-state index contributed by atoms with van der Waals surface area (Å²) in [6.07, 6.45) is 4.43. The molecule has 2 saturated heterocycles. The summed E-state index contributed by atoms with van der Waals surface area (Å²) in [4.78, 5) is 27.4. The number of aliphatic hydroxyl groups is 1. The number of halogens is 1. The van der Waals surface area contributed by atoms with Crippen molar-refractivity contribution in [3.8, 4) is 5.75 Å². The smallest absolute Gasteiger partial charge is 0.252 e. The van der Waals surface area contributed by atoms with E-state index >= 15 is 0 Å². The largest absolute Gasteiger partial charge is 0.495 e. The Bertz CT molecular complexity index is 1280. The van der Waals surface area contributed by atoms with Crippen molar-refractivity contribution in [2.75, 3.05) is 58.0 Å². The molecule has 0 spiro atoms. The molecule has 1 atom stereocenters. The van der Waals surface area contributed by atoms with Crippen molar-refractivity contribution in [2.24, 2.45) is 0 Å². The van der Waals surface area contributed by atoms with Crippen LogP contribution < -0.4 is 15.2 Å². The van der Waals surface area contributed by atoms with E-state index in [1.165, 1.54) is 0 Å². The highest BCUT2D eigenvalue weighted by Gasteiger charge is 2.27. The lowest BCUT2D eigenvalue weighted by atomic mass is 10.1. The van der Waals surface area contributed by atoms with Crippen molar-refractivity contribution in [1.82, 2.24) is 19.4 Å². The number of ether oxygens (including phenoxy) is 2. The van der Waals surface area contributed by atoms with Gasteiger partial charge in [0.25, 0.3) is 5.56 Å². The van der Waals surface area contributed by atoms with Gasteiger partial charge < -0.3 is 19.5 Å². The third kappa shape index (κ3) is 5.20. The van der Waals surface area contributed by atoms with Crippen LogP contribution in [0.5, 0.6) is 5.75 Å². The Labute approximate surface area is 215 Å². The van der Waals surface area contributed by atoms with Crippen LogP contribution >= 0.6 is 11.6 Å². The minimum absolute atomic E-state index is 0.00693. The summed E-state index contributed by atoms with van der Waals surface area (Å²) >= 11 is 6.36. The van der Waals surface area contributed by atoms with E-state index in [0.717, 1.165) is 75.2 Å². The topological polar surface area (TPSA) is 93.0 Å². The van der Waals surface area contributed by atoms with Crippen LogP contribution in [0, 0.1) is 0 Å². The molecule has 0 radical (unpaired) electrons. The van der Waals surface area contributed by atoms with E-state index in [1.54, 1.807) is 23.8 Å². The second kappa shape index (κ2) is 11.1. The molecule has 2 aromatic heterocycles. The van der Waals surface area contributed by atoms with Gasteiger partial charge in [-0.05, 0) is 42.5 Å². The first-order valence-electron chi connectivity index (χ1n) is 12.5. The number of methoxy groups -OCH3 is 1. The van der Waals surface area contributed by atoms with Crippen LogP contribution in [0.2, 0.25) is 5.02 Å². The highest BCUT2D eigenvalue weighted by molar-refractivity contribution is 6.32. The zero-order valence-electron chi connectivity index (χ0n) is 20.5. The number of aromatic nitrogens is 3. The van der Waals surface area contributed by atoms with Gasteiger partial charge in [0.05, 0.1) is 44.5 Å². The molecule has 2 aliphatic heterocycles. The number of benzene rings is 1. The van der Waals surface area contributed by atoms with E-state index in [2.05, 4.69) is 9.88 Å². The number of pyridine rings is 1. The highest BCUT2D eigenvalue weighted by atomic mass is 35.5. The molecule has 2 fully saturated rings. The monoisotopic (exact) mass is 513 g/mol. The van der Waals surface area contributed by atoms with Gasteiger partial charge in [-0.1, -0.05) is 17.7 Å². The second-order valence-corrected chi connectivity index (χ2v) is 9.75. The van der Waals surface area contributed by atoms with Gasteiger partial charge in [0, 0.05) is 43.8 Å². The third-order valence-corrected chi connectivity index (χ3v) is 7.42. The van der Waals surface area contributed by atoms with Crippen LogP contribution in [0.4, 0.5) is 5.95 Å². The fourth-order valence-corrected chi connectivity index (χ4v) is 5.37. The van der Waals surface area contributed by atoms with Crippen LogP contribution in [0.25, 0.3) is 11.0 Å². The van der Waals surface area contributed by atoms with Gasteiger partial charge in [-0.25, -0.2) is 4.98 Å². The molecular formula is C26H32ClN5O4. The molecule has 0 unspecified atom stereocenters. The first kappa shape index (κ1) is 25.0. The summed E-state index contributed by atoms with van der Waals surface area (Å²) in [5, 5.41) is 11.2. The lowest BCUT2D eigenvalue weighted by Crippen LogP contribution is -2.37. The fourth-order valence-electron chi connectivity index (χ4n) is 5.09. The van der Waals surface area contributed by atoms with Gasteiger partial charge >= 0.3 is 0 Å². The Kier molecular flexibility index (Phi) is 7.71. The Hall–Kier alpha value is -2.72. The minimum atomic E-state index is -0.115. The standard InChI is InChI=1S/C26H32ClN5O4/c1-35-23-5-4-18(13-22(23)27)16-32-24(34)14-19(6-8-30-9-11-36-12-10-30)21-15-28-26(29-25(21)32)31-7-2-3-20(31)17-33/h4-5,13-15,20,33H,2-3,6-12,16-17H2,1H3/t20-/m0/s1. The van der Waals surface area contributed by atoms with Crippen LogP contribution in [-0.2, 0) is 17.7 Å². The highest BCUT2D eigenvalue weighted by Crippen LogP contribution is 2.27. The Balaban J connectivity index is 1.54. The Morgan fingerprint density at radius 2 is 2.06 bits per heavy atom. The van der Waals surface area contributed by atoms with E-state index in [1.807, 2.05) is 23.2 Å². The third-order valence-electron chi connectivity index (χ3n) is 7.12. The van der Waals surface area contributed by atoms with Crippen molar-refractivity contribution in [1.29, 1.82) is 0 Å². The van der Waals surface area contributed by atoms with Gasteiger partial charge in [0.2, 0.25) is 5.95 Å². The second-order valence-electron chi connectivity index (χ2n) is 9.35.